The SMILES string of the molecule is CN(Cc1ccsc1)C(=O)NCCc1ccc2c(c1)OCO2. The van der Waals surface area contributed by atoms with Crippen molar-refractivity contribution in [3.63, 3.8) is 0 Å². The number of carbonyl (C=O) groups is 1. The zero-order valence-corrected chi connectivity index (χ0v) is 13.2. The number of amides is 2. The summed E-state index contributed by atoms with van der Waals surface area (Å²) in [5.74, 6) is 1.56. The Morgan fingerprint density at radius 3 is 2.95 bits per heavy atom. The highest BCUT2D eigenvalue weighted by Crippen LogP contribution is 2.32. The van der Waals surface area contributed by atoms with E-state index in [0.29, 0.717) is 13.1 Å². The molecule has 5 nitrogen and oxygen atoms in total. The molecule has 0 bridgehead atoms. The average molecular weight is 318 g/mol. The summed E-state index contributed by atoms with van der Waals surface area (Å²) in [5.41, 5.74) is 2.27. The van der Waals surface area contributed by atoms with Crippen molar-refractivity contribution in [2.24, 2.45) is 0 Å². The van der Waals surface area contributed by atoms with Gasteiger partial charge in [-0.15, -0.1) is 0 Å². The number of carbonyl (C=O) groups excluding carboxylic acids is 1. The summed E-state index contributed by atoms with van der Waals surface area (Å²) >= 11 is 1.64. The maximum Gasteiger partial charge on any atom is 0.317 e. The molecule has 116 valence electrons. The van der Waals surface area contributed by atoms with Gasteiger partial charge in [0.25, 0.3) is 0 Å². The van der Waals surface area contributed by atoms with Crippen LogP contribution in [0.3, 0.4) is 0 Å². The van der Waals surface area contributed by atoms with E-state index in [2.05, 4.69) is 10.7 Å². The Morgan fingerprint density at radius 1 is 1.27 bits per heavy atom. The lowest BCUT2D eigenvalue weighted by molar-refractivity contribution is 0.174. The van der Waals surface area contributed by atoms with Crippen molar-refractivity contribution in [2.45, 2.75) is 13.0 Å². The molecule has 0 spiro atoms. The molecule has 2 aromatic rings. The molecule has 3 rings (SSSR count). The number of thiophene rings is 1. The minimum absolute atomic E-state index is 0.0630. The summed E-state index contributed by atoms with van der Waals surface area (Å²) in [4.78, 5) is 13.7. The van der Waals surface area contributed by atoms with Crippen molar-refractivity contribution in [1.82, 2.24) is 10.2 Å². The van der Waals surface area contributed by atoms with Crippen LogP contribution in [0.15, 0.2) is 35.0 Å². The minimum atomic E-state index is -0.0630. The van der Waals surface area contributed by atoms with E-state index >= 15 is 0 Å². The van der Waals surface area contributed by atoms with Crippen LogP contribution in [-0.4, -0.2) is 31.3 Å². The third-order valence-electron chi connectivity index (χ3n) is 3.47. The Kier molecular flexibility index (Phi) is 4.48. The number of benzene rings is 1. The molecule has 1 aromatic heterocycles. The Hall–Kier alpha value is -2.21. The first-order valence-electron chi connectivity index (χ1n) is 7.11. The molecule has 0 fully saturated rings. The van der Waals surface area contributed by atoms with E-state index in [-0.39, 0.29) is 12.8 Å². The topological polar surface area (TPSA) is 50.8 Å². The molecule has 1 aromatic carbocycles. The van der Waals surface area contributed by atoms with Crippen molar-refractivity contribution in [2.75, 3.05) is 20.4 Å². The maximum absolute atomic E-state index is 12.0. The van der Waals surface area contributed by atoms with Gasteiger partial charge in [-0.3, -0.25) is 0 Å². The van der Waals surface area contributed by atoms with Gasteiger partial charge in [0.15, 0.2) is 11.5 Å². The van der Waals surface area contributed by atoms with E-state index in [9.17, 15) is 4.79 Å². The van der Waals surface area contributed by atoms with Crippen LogP contribution in [0.1, 0.15) is 11.1 Å². The van der Waals surface area contributed by atoms with Crippen LogP contribution in [0.2, 0.25) is 0 Å². The van der Waals surface area contributed by atoms with Gasteiger partial charge in [-0.1, -0.05) is 6.07 Å². The first-order chi connectivity index (χ1) is 10.7. The molecular formula is C16H18N2O3S. The summed E-state index contributed by atoms with van der Waals surface area (Å²) in [6, 6.07) is 7.83. The second kappa shape index (κ2) is 6.70. The van der Waals surface area contributed by atoms with Crippen LogP contribution in [0.5, 0.6) is 11.5 Å². The fourth-order valence-electron chi connectivity index (χ4n) is 2.27. The standard InChI is InChI=1S/C16H18N2O3S/c1-18(9-13-5-7-22-10-13)16(19)17-6-4-12-2-3-14-15(8-12)21-11-20-14/h2-3,5,7-8,10H,4,6,9,11H2,1H3,(H,17,19). The quantitative estimate of drug-likeness (QED) is 0.922. The van der Waals surface area contributed by atoms with Crippen LogP contribution in [0.25, 0.3) is 0 Å². The third-order valence-corrected chi connectivity index (χ3v) is 4.21. The lowest BCUT2D eigenvalue weighted by atomic mass is 10.1. The molecule has 6 heteroatoms. The van der Waals surface area contributed by atoms with Crippen molar-refractivity contribution >= 4 is 17.4 Å². The number of rotatable bonds is 5. The number of hydrogen-bond acceptors (Lipinski definition) is 4. The number of ether oxygens (including phenoxy) is 2. The van der Waals surface area contributed by atoms with Crippen LogP contribution >= 0.6 is 11.3 Å². The number of hydrogen-bond donors (Lipinski definition) is 1. The lowest BCUT2D eigenvalue weighted by Crippen LogP contribution is -2.37. The fourth-order valence-corrected chi connectivity index (χ4v) is 2.93. The molecule has 0 unspecified atom stereocenters. The van der Waals surface area contributed by atoms with Crippen molar-refractivity contribution in [3.8, 4) is 11.5 Å². The molecule has 0 atom stereocenters. The van der Waals surface area contributed by atoms with Gasteiger partial charge in [-0.05, 0) is 46.5 Å². The van der Waals surface area contributed by atoms with Gasteiger partial charge in [-0.25, -0.2) is 4.79 Å². The molecule has 2 heterocycles. The van der Waals surface area contributed by atoms with Crippen LogP contribution in [0.4, 0.5) is 4.79 Å². The normalized spacial score (nSPS) is 12.2. The van der Waals surface area contributed by atoms with Crippen molar-refractivity contribution in [3.05, 3.63) is 46.2 Å². The molecule has 0 radical (unpaired) electrons. The predicted octanol–water partition coefficient (Wildman–Crippen LogP) is 2.86. The van der Waals surface area contributed by atoms with Gasteiger partial charge < -0.3 is 19.7 Å². The summed E-state index contributed by atoms with van der Waals surface area (Å²) < 4.78 is 10.6. The summed E-state index contributed by atoms with van der Waals surface area (Å²) in [7, 11) is 1.80. The first kappa shape index (κ1) is 14.7. The number of nitrogens with zero attached hydrogens (tertiary/aromatic N) is 1. The monoisotopic (exact) mass is 318 g/mol. The number of nitrogens with one attached hydrogen (secondary N) is 1. The van der Waals surface area contributed by atoms with Crippen LogP contribution < -0.4 is 14.8 Å². The van der Waals surface area contributed by atoms with Gasteiger partial charge in [0.1, 0.15) is 0 Å². The molecule has 22 heavy (non-hydrogen) atoms. The zero-order chi connectivity index (χ0) is 15.4. The predicted molar refractivity (Wildman–Crippen MR) is 85.5 cm³/mol. The van der Waals surface area contributed by atoms with E-state index in [1.54, 1.807) is 23.3 Å². The van der Waals surface area contributed by atoms with Crippen molar-refractivity contribution in [1.29, 1.82) is 0 Å². The molecule has 1 aliphatic heterocycles. The fraction of sp³-hybridized carbons (Fsp3) is 0.312. The summed E-state index contributed by atoms with van der Waals surface area (Å²) in [6.45, 7) is 1.49. The lowest BCUT2D eigenvalue weighted by Gasteiger charge is -2.17. The van der Waals surface area contributed by atoms with Gasteiger partial charge in [-0.2, -0.15) is 11.3 Å². The van der Waals surface area contributed by atoms with Crippen molar-refractivity contribution < 1.29 is 14.3 Å². The molecule has 0 aliphatic carbocycles. The Balaban J connectivity index is 1.45. The Labute approximate surface area is 133 Å². The summed E-state index contributed by atoms with van der Waals surface area (Å²) in [5, 5.41) is 7.00. The molecular weight excluding hydrogens is 300 g/mol. The number of fused-ring (bicyclic) bond motifs is 1. The van der Waals surface area contributed by atoms with E-state index in [4.69, 9.17) is 9.47 Å². The van der Waals surface area contributed by atoms with E-state index in [0.717, 1.165) is 29.0 Å². The Morgan fingerprint density at radius 2 is 2.14 bits per heavy atom. The van der Waals surface area contributed by atoms with Gasteiger partial charge >= 0.3 is 6.03 Å². The first-order valence-corrected chi connectivity index (χ1v) is 8.05. The minimum Gasteiger partial charge on any atom is -0.454 e. The highest BCUT2D eigenvalue weighted by atomic mass is 32.1. The Bertz CT molecular complexity index is 643. The second-order valence-corrected chi connectivity index (χ2v) is 5.94. The second-order valence-electron chi connectivity index (χ2n) is 5.16. The van der Waals surface area contributed by atoms with Crippen LogP contribution in [-0.2, 0) is 13.0 Å². The van der Waals surface area contributed by atoms with Gasteiger partial charge in [0.2, 0.25) is 6.79 Å². The van der Waals surface area contributed by atoms with Gasteiger partial charge in [0.05, 0.1) is 0 Å². The van der Waals surface area contributed by atoms with Crippen LogP contribution in [0, 0.1) is 0 Å². The van der Waals surface area contributed by atoms with E-state index in [1.807, 2.05) is 29.6 Å². The largest absolute Gasteiger partial charge is 0.454 e. The molecule has 2 amide bonds. The highest BCUT2D eigenvalue weighted by Gasteiger charge is 2.13. The zero-order valence-electron chi connectivity index (χ0n) is 12.4. The molecule has 1 N–H and O–H groups in total. The smallest absolute Gasteiger partial charge is 0.317 e. The molecule has 0 saturated carbocycles. The maximum atomic E-state index is 12.0. The molecule has 0 saturated heterocycles. The summed E-state index contributed by atoms with van der Waals surface area (Å²) in [6.07, 6.45) is 0.759. The highest BCUT2D eigenvalue weighted by molar-refractivity contribution is 7.07. The van der Waals surface area contributed by atoms with E-state index in [1.165, 1.54) is 0 Å². The third kappa shape index (κ3) is 3.51. The number of urea groups is 1. The van der Waals surface area contributed by atoms with Gasteiger partial charge in [0, 0.05) is 20.1 Å². The van der Waals surface area contributed by atoms with E-state index < -0.39 is 0 Å². The molecule has 1 aliphatic rings. The average Bonchev–Trinajstić information content (AvgIpc) is 3.17.